The van der Waals surface area contributed by atoms with Crippen LogP contribution in [0.5, 0.6) is 0 Å². The summed E-state index contributed by atoms with van der Waals surface area (Å²) in [7, 11) is 4.31. The Morgan fingerprint density at radius 3 is 2.44 bits per heavy atom. The normalized spacial score (nSPS) is 16.1. The number of hydrogen-bond donors (Lipinski definition) is 1. The predicted molar refractivity (Wildman–Crippen MR) is 130 cm³/mol. The number of piperazine rings is 1. The van der Waals surface area contributed by atoms with Crippen LogP contribution >= 0.6 is 39.9 Å². The van der Waals surface area contributed by atoms with E-state index in [0.717, 1.165) is 36.5 Å². The lowest BCUT2D eigenvalue weighted by Gasteiger charge is -2.32. The van der Waals surface area contributed by atoms with Crippen molar-refractivity contribution in [2.24, 2.45) is 4.99 Å². The molecule has 1 aliphatic rings. The van der Waals surface area contributed by atoms with Gasteiger partial charge in [0.15, 0.2) is 5.96 Å². The maximum absolute atomic E-state index is 4.82. The molecule has 0 radical (unpaired) electrons. The summed E-state index contributed by atoms with van der Waals surface area (Å²) >= 11 is 3.49. The summed E-state index contributed by atoms with van der Waals surface area (Å²) in [5.74, 6) is 0.995. The number of benzene rings is 1. The quantitative estimate of drug-likeness (QED) is 0.232. The third kappa shape index (κ3) is 9.58. The largest absolute Gasteiger partial charge is 0.357 e. The van der Waals surface area contributed by atoms with Gasteiger partial charge in [-0.05, 0) is 51.1 Å². The number of hydrogen-bond acceptors (Lipinski definition) is 3. The minimum atomic E-state index is 0. The van der Waals surface area contributed by atoms with Crippen LogP contribution in [0, 0.1) is 0 Å². The predicted octanol–water partition coefficient (Wildman–Crippen LogP) is 3.49. The van der Waals surface area contributed by atoms with Gasteiger partial charge in [0.25, 0.3) is 0 Å². The van der Waals surface area contributed by atoms with E-state index in [1.165, 1.54) is 44.7 Å². The van der Waals surface area contributed by atoms with E-state index in [-0.39, 0.29) is 24.0 Å². The third-order valence-corrected chi connectivity index (χ3v) is 5.30. The van der Waals surface area contributed by atoms with Gasteiger partial charge >= 0.3 is 0 Å². The van der Waals surface area contributed by atoms with Gasteiger partial charge in [0.05, 0.1) is 0 Å². The van der Waals surface area contributed by atoms with Gasteiger partial charge in [0.2, 0.25) is 0 Å². The fraction of sp³-hybridized carbons (Fsp3) is 0.650. The summed E-state index contributed by atoms with van der Waals surface area (Å²) in [4.78, 5) is 12.0. The average Bonchev–Trinajstić information content (AvgIpc) is 2.64. The molecule has 1 N–H and O–H groups in total. The molecule has 1 aliphatic heterocycles. The summed E-state index contributed by atoms with van der Waals surface area (Å²) in [6.07, 6.45) is 2.37. The number of aliphatic imine (C=N–C) groups is 1. The molecule has 1 fully saturated rings. The van der Waals surface area contributed by atoms with Gasteiger partial charge in [-0.15, -0.1) is 24.0 Å². The highest BCUT2D eigenvalue weighted by molar-refractivity contribution is 14.0. The number of rotatable bonds is 8. The van der Waals surface area contributed by atoms with Crippen molar-refractivity contribution in [2.75, 3.05) is 59.9 Å². The molecule has 1 heterocycles. The molecule has 5 nitrogen and oxygen atoms in total. The van der Waals surface area contributed by atoms with Crippen molar-refractivity contribution in [1.29, 1.82) is 0 Å². The molecule has 1 saturated heterocycles. The van der Waals surface area contributed by atoms with Crippen LogP contribution in [0.15, 0.2) is 33.7 Å². The molecule has 1 aromatic carbocycles. The Bertz CT molecular complexity index is 544. The highest BCUT2D eigenvalue weighted by Gasteiger charge is 2.12. The Balaban J connectivity index is 0.00000364. The van der Waals surface area contributed by atoms with E-state index in [1.807, 2.05) is 0 Å². The monoisotopic (exact) mass is 551 g/mol. The molecule has 154 valence electrons. The topological polar surface area (TPSA) is 34.1 Å². The van der Waals surface area contributed by atoms with Crippen molar-refractivity contribution in [3.8, 4) is 0 Å². The molecular formula is C20H35BrIN5. The number of likely N-dealkylation sites (N-methyl/N-ethyl adjacent to an activating group) is 1. The lowest BCUT2D eigenvalue weighted by molar-refractivity contribution is 0.152. The number of nitrogens with zero attached hydrogens (tertiary/aromatic N) is 4. The van der Waals surface area contributed by atoms with Gasteiger partial charge in [-0.3, -0.25) is 4.99 Å². The zero-order chi connectivity index (χ0) is 18.8. The van der Waals surface area contributed by atoms with Crippen LogP contribution < -0.4 is 5.32 Å². The number of guanidine groups is 1. The van der Waals surface area contributed by atoms with Gasteiger partial charge in [0.1, 0.15) is 0 Å². The summed E-state index contributed by atoms with van der Waals surface area (Å²) in [6.45, 7) is 10.8. The lowest BCUT2D eigenvalue weighted by atomic mass is 10.2. The first kappa shape index (κ1) is 24.7. The van der Waals surface area contributed by atoms with E-state index < -0.39 is 0 Å². The first-order valence-electron chi connectivity index (χ1n) is 9.73. The van der Waals surface area contributed by atoms with Crippen LogP contribution in [0.1, 0.15) is 25.3 Å². The van der Waals surface area contributed by atoms with Crippen LogP contribution in [-0.2, 0) is 6.54 Å². The zero-order valence-electron chi connectivity index (χ0n) is 17.0. The van der Waals surface area contributed by atoms with Crippen LogP contribution in [0.4, 0.5) is 0 Å². The third-order valence-electron chi connectivity index (χ3n) is 4.77. The van der Waals surface area contributed by atoms with Crippen molar-refractivity contribution in [3.05, 3.63) is 34.3 Å². The van der Waals surface area contributed by atoms with Gasteiger partial charge in [-0.1, -0.05) is 28.1 Å². The van der Waals surface area contributed by atoms with Crippen LogP contribution in [0.25, 0.3) is 0 Å². The summed E-state index contributed by atoms with van der Waals surface area (Å²) in [5.41, 5.74) is 1.29. The Hall–Kier alpha value is -0.380. The van der Waals surface area contributed by atoms with Crippen molar-refractivity contribution in [1.82, 2.24) is 20.0 Å². The van der Waals surface area contributed by atoms with E-state index in [4.69, 9.17) is 4.99 Å². The molecule has 0 spiro atoms. The van der Waals surface area contributed by atoms with E-state index in [0.29, 0.717) is 0 Å². The minimum Gasteiger partial charge on any atom is -0.357 e. The fourth-order valence-corrected chi connectivity index (χ4v) is 3.38. The lowest BCUT2D eigenvalue weighted by Crippen LogP contribution is -2.44. The van der Waals surface area contributed by atoms with Gasteiger partial charge in [-0.2, -0.15) is 0 Å². The molecule has 0 bridgehead atoms. The molecule has 7 heteroatoms. The number of nitrogens with one attached hydrogen (secondary N) is 1. The molecule has 0 saturated carbocycles. The van der Waals surface area contributed by atoms with Crippen molar-refractivity contribution in [3.63, 3.8) is 0 Å². The van der Waals surface area contributed by atoms with E-state index in [1.54, 1.807) is 0 Å². The first-order chi connectivity index (χ1) is 12.6. The first-order valence-corrected chi connectivity index (χ1v) is 10.5. The van der Waals surface area contributed by atoms with E-state index in [9.17, 15) is 0 Å². The average molecular weight is 552 g/mol. The Kier molecular flexibility index (Phi) is 12.5. The van der Waals surface area contributed by atoms with Crippen molar-refractivity contribution >= 4 is 45.9 Å². The minimum absolute atomic E-state index is 0. The molecule has 2 rings (SSSR count). The fourth-order valence-electron chi connectivity index (χ4n) is 3.11. The molecule has 0 aromatic heterocycles. The molecule has 0 unspecified atom stereocenters. The zero-order valence-corrected chi connectivity index (χ0v) is 20.9. The van der Waals surface area contributed by atoms with Gasteiger partial charge < -0.3 is 20.0 Å². The molecule has 1 aromatic rings. The van der Waals surface area contributed by atoms with Gasteiger partial charge in [0, 0.05) is 57.3 Å². The van der Waals surface area contributed by atoms with Crippen molar-refractivity contribution < 1.29 is 0 Å². The standard InChI is InChI=1S/C20H34BrN5.HI/c1-4-22-20(25(3)17-18-7-9-19(21)10-8-18)23-11-5-6-12-26-15-13-24(2)14-16-26;/h7-10H,4-6,11-17H2,1-3H3,(H,22,23);1H. The Labute approximate surface area is 190 Å². The van der Waals surface area contributed by atoms with E-state index >= 15 is 0 Å². The maximum atomic E-state index is 4.82. The molecule has 0 atom stereocenters. The van der Waals surface area contributed by atoms with Crippen LogP contribution in [0.2, 0.25) is 0 Å². The second-order valence-corrected chi connectivity index (χ2v) is 7.99. The number of unbranched alkanes of at least 4 members (excludes halogenated alkanes) is 1. The maximum Gasteiger partial charge on any atom is 0.193 e. The van der Waals surface area contributed by atoms with Crippen LogP contribution in [0.3, 0.4) is 0 Å². The SMILES string of the molecule is CCNC(=NCCCCN1CCN(C)CC1)N(C)Cc1ccc(Br)cc1.I. The van der Waals surface area contributed by atoms with E-state index in [2.05, 4.69) is 81.2 Å². The van der Waals surface area contributed by atoms with Crippen molar-refractivity contribution in [2.45, 2.75) is 26.3 Å². The second-order valence-electron chi connectivity index (χ2n) is 7.07. The summed E-state index contributed by atoms with van der Waals surface area (Å²) < 4.78 is 1.12. The molecule has 0 aliphatic carbocycles. The van der Waals surface area contributed by atoms with Gasteiger partial charge in [-0.25, -0.2) is 0 Å². The molecule has 27 heavy (non-hydrogen) atoms. The smallest absolute Gasteiger partial charge is 0.193 e. The number of halogens is 2. The summed E-state index contributed by atoms with van der Waals surface area (Å²) in [5, 5.41) is 3.41. The van der Waals surface area contributed by atoms with Crippen LogP contribution in [-0.4, -0.2) is 80.6 Å². The Morgan fingerprint density at radius 1 is 1.15 bits per heavy atom. The highest BCUT2D eigenvalue weighted by atomic mass is 127. The highest BCUT2D eigenvalue weighted by Crippen LogP contribution is 2.12. The second kappa shape index (κ2) is 13.7. The summed E-state index contributed by atoms with van der Waals surface area (Å²) in [6, 6.07) is 8.48. The molecule has 0 amide bonds. The molecular weight excluding hydrogens is 517 g/mol. The Morgan fingerprint density at radius 2 is 1.81 bits per heavy atom.